The first-order valence-corrected chi connectivity index (χ1v) is 8.77. The third-order valence-electron chi connectivity index (χ3n) is 4.53. The third-order valence-corrected chi connectivity index (χ3v) is 5.57. The molecule has 3 rings (SSSR count). The average molecular weight is 406 g/mol. The molecule has 0 aromatic carbocycles. The number of likely N-dealkylation sites (N-methyl/N-ethyl adjacent to an activating group) is 1. The van der Waals surface area contributed by atoms with E-state index in [1.807, 2.05) is 0 Å². The molecule has 2 heterocycles. The normalized spacial score (nSPS) is 25.7. The van der Waals surface area contributed by atoms with Crippen LogP contribution in [0.3, 0.4) is 0 Å². The molecule has 2 aromatic rings. The first-order valence-electron chi connectivity index (χ1n) is 7.95. The molecule has 8 nitrogen and oxygen atoms in total. The number of aliphatic hydroxyl groups is 2. The Morgan fingerprint density at radius 2 is 2.07 bits per heavy atom. The van der Waals surface area contributed by atoms with Gasteiger partial charge in [0, 0.05) is 11.9 Å². The molecule has 1 fully saturated rings. The Morgan fingerprint density at radius 3 is 2.70 bits per heavy atom. The minimum atomic E-state index is -4.35. The van der Waals surface area contributed by atoms with Crippen molar-refractivity contribution in [3.63, 3.8) is 0 Å². The number of halogens is 3. The zero-order valence-electron chi connectivity index (χ0n) is 14.0. The lowest BCUT2D eigenvalue weighted by atomic mass is 10.1. The van der Waals surface area contributed by atoms with Crippen LogP contribution in [-0.4, -0.2) is 68.9 Å². The summed E-state index contributed by atoms with van der Waals surface area (Å²) in [6.45, 7) is 0. The van der Waals surface area contributed by atoms with Crippen LogP contribution in [0.25, 0.3) is 10.2 Å². The van der Waals surface area contributed by atoms with E-state index in [9.17, 15) is 28.2 Å². The largest absolute Gasteiger partial charge is 0.465 e. The number of amides is 1. The summed E-state index contributed by atoms with van der Waals surface area (Å²) in [5, 5.41) is 31.7. The van der Waals surface area contributed by atoms with Crippen molar-refractivity contribution in [2.45, 2.75) is 43.3 Å². The molecule has 0 spiro atoms. The van der Waals surface area contributed by atoms with E-state index in [1.165, 1.54) is 17.3 Å². The lowest BCUT2D eigenvalue weighted by molar-refractivity contribution is -0.126. The number of aliphatic hydroxyl groups excluding tert-OH is 2. The lowest BCUT2D eigenvalue weighted by Crippen LogP contribution is -2.44. The quantitative estimate of drug-likeness (QED) is 0.605. The first kappa shape index (κ1) is 19.6. The molecule has 12 heteroatoms. The van der Waals surface area contributed by atoms with Gasteiger partial charge < -0.3 is 25.5 Å². The number of alkyl halides is 3. The Hall–Kier alpha value is -2.18. The first-order chi connectivity index (χ1) is 12.6. The van der Waals surface area contributed by atoms with Crippen LogP contribution in [0.1, 0.15) is 11.3 Å². The fourth-order valence-corrected chi connectivity index (χ4v) is 4.33. The molecule has 0 radical (unpaired) electrons. The zero-order valence-corrected chi connectivity index (χ0v) is 14.8. The smallest absolute Gasteiger partial charge is 0.404 e. The van der Waals surface area contributed by atoms with Gasteiger partial charge in [0.15, 0.2) is 0 Å². The van der Waals surface area contributed by atoms with Crippen molar-refractivity contribution in [1.29, 1.82) is 0 Å². The molecule has 0 bridgehead atoms. The van der Waals surface area contributed by atoms with Crippen LogP contribution in [0.5, 0.6) is 0 Å². The van der Waals surface area contributed by atoms with Crippen molar-refractivity contribution in [2.24, 2.45) is 0 Å². The SMILES string of the molecule is CN(c1ncnc2sc(CC(F)(F)F)cc12)[C@H]1C[C@@H](NC(=O)O)[C@H](O)[C@@H]1O. The Balaban J connectivity index is 1.89. The number of carbonyl (C=O) groups is 1. The van der Waals surface area contributed by atoms with Gasteiger partial charge >= 0.3 is 12.3 Å². The van der Waals surface area contributed by atoms with Crippen molar-refractivity contribution in [2.75, 3.05) is 11.9 Å². The molecule has 1 aliphatic carbocycles. The number of anilines is 1. The maximum absolute atomic E-state index is 12.7. The summed E-state index contributed by atoms with van der Waals surface area (Å²) in [7, 11) is 1.58. The molecule has 148 valence electrons. The Labute approximate surface area is 155 Å². The van der Waals surface area contributed by atoms with E-state index in [0.29, 0.717) is 16.0 Å². The van der Waals surface area contributed by atoms with Crippen molar-refractivity contribution >= 4 is 33.5 Å². The van der Waals surface area contributed by atoms with Crippen LogP contribution in [0, 0.1) is 0 Å². The van der Waals surface area contributed by atoms with E-state index >= 15 is 0 Å². The fourth-order valence-electron chi connectivity index (χ4n) is 3.31. The number of hydrogen-bond acceptors (Lipinski definition) is 7. The monoisotopic (exact) mass is 406 g/mol. The fraction of sp³-hybridized carbons (Fsp3) is 0.533. The molecule has 1 aliphatic rings. The topological polar surface area (TPSA) is 119 Å². The van der Waals surface area contributed by atoms with Crippen molar-refractivity contribution in [3.8, 4) is 0 Å². The Bertz CT molecular complexity index is 846. The highest BCUT2D eigenvalue weighted by Gasteiger charge is 2.44. The average Bonchev–Trinajstić information content (AvgIpc) is 3.07. The van der Waals surface area contributed by atoms with Gasteiger partial charge in [-0.2, -0.15) is 13.2 Å². The molecular formula is C15H17F3N4O4S. The molecule has 0 aliphatic heterocycles. The zero-order chi connectivity index (χ0) is 19.9. The highest BCUT2D eigenvalue weighted by molar-refractivity contribution is 7.18. The van der Waals surface area contributed by atoms with Crippen LogP contribution < -0.4 is 10.2 Å². The summed E-state index contributed by atoms with van der Waals surface area (Å²) < 4.78 is 38.0. The molecule has 27 heavy (non-hydrogen) atoms. The van der Waals surface area contributed by atoms with Gasteiger partial charge in [0.2, 0.25) is 0 Å². The second-order valence-electron chi connectivity index (χ2n) is 6.37. The highest BCUT2D eigenvalue weighted by Crippen LogP contribution is 2.36. The molecule has 0 saturated heterocycles. The Kier molecular flexibility index (Phi) is 5.14. The molecule has 4 N–H and O–H groups in total. The molecule has 1 amide bonds. The lowest BCUT2D eigenvalue weighted by Gasteiger charge is -2.28. The number of thiophene rings is 1. The third kappa shape index (κ3) is 4.06. The predicted molar refractivity (Wildman–Crippen MR) is 90.9 cm³/mol. The summed E-state index contributed by atoms with van der Waals surface area (Å²) in [5.41, 5.74) is 0. The summed E-state index contributed by atoms with van der Waals surface area (Å²) in [6, 6.07) is -0.184. The van der Waals surface area contributed by atoms with E-state index in [1.54, 1.807) is 7.05 Å². The minimum Gasteiger partial charge on any atom is -0.465 e. The maximum Gasteiger partial charge on any atom is 0.404 e. The van der Waals surface area contributed by atoms with Crippen LogP contribution in [-0.2, 0) is 6.42 Å². The van der Waals surface area contributed by atoms with Crippen LogP contribution in [0.2, 0.25) is 0 Å². The van der Waals surface area contributed by atoms with Crippen molar-refractivity contribution in [1.82, 2.24) is 15.3 Å². The molecule has 0 unspecified atom stereocenters. The number of nitrogens with one attached hydrogen (secondary N) is 1. The van der Waals surface area contributed by atoms with Crippen LogP contribution >= 0.6 is 11.3 Å². The molecule has 1 saturated carbocycles. The summed E-state index contributed by atoms with van der Waals surface area (Å²) in [5.74, 6) is 0.303. The van der Waals surface area contributed by atoms with Gasteiger partial charge in [-0.3, -0.25) is 0 Å². The number of nitrogens with zero attached hydrogens (tertiary/aromatic N) is 3. The number of fused-ring (bicyclic) bond motifs is 1. The van der Waals surface area contributed by atoms with Gasteiger partial charge in [-0.15, -0.1) is 11.3 Å². The molecule has 4 atom stereocenters. The summed E-state index contributed by atoms with van der Waals surface area (Å²) in [4.78, 5) is 20.9. The van der Waals surface area contributed by atoms with Crippen LogP contribution in [0.15, 0.2) is 12.4 Å². The van der Waals surface area contributed by atoms with Crippen molar-refractivity contribution in [3.05, 3.63) is 17.3 Å². The number of carboxylic acid groups (broad SMARTS) is 1. The molecule has 2 aromatic heterocycles. The molecular weight excluding hydrogens is 389 g/mol. The van der Waals surface area contributed by atoms with E-state index in [-0.39, 0.29) is 11.3 Å². The van der Waals surface area contributed by atoms with Gasteiger partial charge in [-0.25, -0.2) is 14.8 Å². The maximum atomic E-state index is 12.7. The highest BCUT2D eigenvalue weighted by atomic mass is 32.1. The van der Waals surface area contributed by atoms with E-state index in [0.717, 1.165) is 11.3 Å². The predicted octanol–water partition coefficient (Wildman–Crippen LogP) is 1.36. The van der Waals surface area contributed by atoms with Gasteiger partial charge in [-0.05, 0) is 12.5 Å². The van der Waals surface area contributed by atoms with Gasteiger partial charge in [0.25, 0.3) is 0 Å². The summed E-state index contributed by atoms with van der Waals surface area (Å²) >= 11 is 0.909. The van der Waals surface area contributed by atoms with E-state index < -0.39 is 43.0 Å². The van der Waals surface area contributed by atoms with Gasteiger partial charge in [0.1, 0.15) is 29.2 Å². The van der Waals surface area contributed by atoms with Gasteiger partial charge in [-0.1, -0.05) is 0 Å². The summed E-state index contributed by atoms with van der Waals surface area (Å²) in [6.07, 6.45) is -8.00. The minimum absolute atomic E-state index is 0.0880. The number of aromatic nitrogens is 2. The standard InChI is InChI=1S/C15H17F3N4O4S/c1-22(9-3-8(21-14(25)26)10(23)11(9)24)12-7-2-6(4-15(16,17)18)27-13(7)20-5-19-12/h2,5,8-11,21,23-24H,3-4H2,1H3,(H,25,26)/t8-,9+,10+,11-/m1/s1. The number of rotatable bonds is 4. The van der Waals surface area contributed by atoms with Gasteiger partial charge in [0.05, 0.1) is 23.9 Å². The van der Waals surface area contributed by atoms with E-state index in [2.05, 4.69) is 15.3 Å². The Morgan fingerprint density at radius 1 is 1.37 bits per heavy atom. The number of hydrogen-bond donors (Lipinski definition) is 4. The second kappa shape index (κ2) is 7.09. The van der Waals surface area contributed by atoms with Crippen LogP contribution in [0.4, 0.5) is 23.8 Å². The van der Waals surface area contributed by atoms with E-state index in [4.69, 9.17) is 5.11 Å². The van der Waals surface area contributed by atoms with Crippen molar-refractivity contribution < 1.29 is 33.3 Å². The second-order valence-corrected chi connectivity index (χ2v) is 7.49.